The van der Waals surface area contributed by atoms with Crippen molar-refractivity contribution in [2.45, 2.75) is 14.4 Å². The van der Waals surface area contributed by atoms with Gasteiger partial charge in [0.05, 0.1) is 0 Å². The molecule has 0 saturated carbocycles. The van der Waals surface area contributed by atoms with Crippen LogP contribution in [0.1, 0.15) is 13.0 Å². The number of primary amides is 1. The summed E-state index contributed by atoms with van der Waals surface area (Å²) in [5, 5.41) is 7.19. The van der Waals surface area contributed by atoms with E-state index < -0.39 is 6.09 Å². The lowest BCUT2D eigenvalue weighted by Crippen LogP contribution is -2.03. The maximum atomic E-state index is 8.78. The third kappa shape index (κ3) is 5.59. The van der Waals surface area contributed by atoms with Gasteiger partial charge in [-0.1, -0.05) is 43.8 Å². The molecule has 0 aliphatic rings. The van der Waals surface area contributed by atoms with Crippen LogP contribution in [0.3, 0.4) is 0 Å². The Labute approximate surface area is 113 Å². The molecule has 0 unspecified atom stereocenters. The molecule has 4 nitrogen and oxygen atoms in total. The van der Waals surface area contributed by atoms with Gasteiger partial charge in [-0.25, -0.2) is 4.79 Å². The monoisotopic (exact) mass is 260 g/mol. The third-order valence-electron chi connectivity index (χ3n) is 2.37. The van der Waals surface area contributed by atoms with Gasteiger partial charge in [0.15, 0.2) is 0 Å². The van der Waals surface area contributed by atoms with Crippen molar-refractivity contribution in [2.24, 2.45) is 5.73 Å². The van der Waals surface area contributed by atoms with Crippen LogP contribution in [0.15, 0.2) is 48.5 Å². The van der Waals surface area contributed by atoms with E-state index in [0.717, 1.165) is 5.69 Å². The van der Waals surface area contributed by atoms with Crippen molar-refractivity contribution in [1.82, 2.24) is 0 Å². The van der Waals surface area contributed by atoms with Gasteiger partial charge in [-0.15, -0.1) is 0 Å². The van der Waals surface area contributed by atoms with Crippen LogP contribution in [0, 0.1) is 6.92 Å². The summed E-state index contributed by atoms with van der Waals surface area (Å²) in [4.78, 5) is 8.78. The summed E-state index contributed by atoms with van der Waals surface area (Å²) >= 11 is 0. The molecule has 1 amide bonds. The van der Waals surface area contributed by atoms with Gasteiger partial charge < -0.3 is 16.6 Å². The highest BCUT2D eigenvalue weighted by molar-refractivity contribution is 5.68. The van der Waals surface area contributed by atoms with E-state index >= 15 is 0 Å². The van der Waals surface area contributed by atoms with Crippen LogP contribution in [-0.2, 0) is 0 Å². The number of amides is 1. The lowest BCUT2D eigenvalue weighted by Gasteiger charge is -2.05. The van der Waals surface area contributed by atoms with Crippen LogP contribution >= 0.6 is 0 Å². The van der Waals surface area contributed by atoms with E-state index in [2.05, 4.69) is 49.1 Å². The maximum Gasteiger partial charge on any atom is 0.402 e. The van der Waals surface area contributed by atoms with Crippen molar-refractivity contribution in [1.29, 1.82) is 0 Å². The fourth-order valence-corrected chi connectivity index (χ4v) is 1.56. The maximum absolute atomic E-state index is 8.78. The van der Waals surface area contributed by atoms with Crippen LogP contribution < -0.4 is 11.5 Å². The Morgan fingerprint density at radius 3 is 2.00 bits per heavy atom. The molecule has 19 heavy (non-hydrogen) atoms. The van der Waals surface area contributed by atoms with Gasteiger partial charge in [0.25, 0.3) is 0 Å². The normalized spacial score (nSPS) is 8.68. The summed E-state index contributed by atoms with van der Waals surface area (Å²) in [5.41, 5.74) is 14.3. The van der Waals surface area contributed by atoms with Crippen LogP contribution in [0.5, 0.6) is 0 Å². The molecule has 2 aromatic rings. The van der Waals surface area contributed by atoms with E-state index in [4.69, 9.17) is 15.6 Å². The fraction of sp³-hybridized carbons (Fsp3) is 0.133. The highest BCUT2D eigenvalue weighted by atomic mass is 16.4. The highest BCUT2D eigenvalue weighted by Gasteiger charge is 1.99. The molecule has 0 atom stereocenters. The molecular weight excluding hydrogens is 240 g/mol. The number of hydrogen-bond acceptors (Lipinski definition) is 2. The molecule has 5 N–H and O–H groups in total. The van der Waals surface area contributed by atoms with Gasteiger partial charge in [-0.05, 0) is 35.7 Å². The van der Waals surface area contributed by atoms with E-state index in [1.54, 1.807) is 0 Å². The van der Waals surface area contributed by atoms with Gasteiger partial charge in [-0.3, -0.25) is 0 Å². The number of carboxylic acid groups (broad SMARTS) is 1. The Balaban J connectivity index is 0.000000576. The average molecular weight is 260 g/mol. The number of nitrogens with two attached hydrogens (primary N) is 2. The second-order valence-corrected chi connectivity index (χ2v) is 3.78. The SMILES string of the molecule is C.Cc1ccccc1-c1ccc(N)cc1.NC(=O)O. The van der Waals surface area contributed by atoms with Gasteiger partial charge in [0, 0.05) is 5.69 Å². The number of nitrogen functional groups attached to an aromatic ring is 1. The minimum absolute atomic E-state index is 0. The average Bonchev–Trinajstić information content (AvgIpc) is 2.30. The van der Waals surface area contributed by atoms with E-state index in [-0.39, 0.29) is 7.43 Å². The van der Waals surface area contributed by atoms with Gasteiger partial charge in [0.2, 0.25) is 0 Å². The van der Waals surface area contributed by atoms with E-state index in [9.17, 15) is 0 Å². The zero-order valence-corrected chi connectivity index (χ0v) is 10.1. The number of hydrogen-bond donors (Lipinski definition) is 3. The highest BCUT2D eigenvalue weighted by Crippen LogP contribution is 2.23. The Hall–Kier alpha value is -2.49. The van der Waals surface area contributed by atoms with Crippen LogP contribution in [0.2, 0.25) is 0 Å². The summed E-state index contributed by atoms with van der Waals surface area (Å²) in [6.45, 7) is 2.12. The molecule has 0 aliphatic carbocycles. The van der Waals surface area contributed by atoms with Crippen LogP contribution in [-0.4, -0.2) is 11.2 Å². The minimum Gasteiger partial charge on any atom is -0.465 e. The van der Waals surface area contributed by atoms with Gasteiger partial charge >= 0.3 is 6.09 Å². The van der Waals surface area contributed by atoms with Crippen molar-refractivity contribution in [2.75, 3.05) is 5.73 Å². The number of rotatable bonds is 1. The molecule has 2 aromatic carbocycles. The van der Waals surface area contributed by atoms with E-state index in [0.29, 0.717) is 0 Å². The van der Waals surface area contributed by atoms with Crippen molar-refractivity contribution in [3.63, 3.8) is 0 Å². The molecule has 0 fully saturated rings. The summed E-state index contributed by atoms with van der Waals surface area (Å²) in [5.74, 6) is 0. The zero-order chi connectivity index (χ0) is 13.5. The predicted octanol–water partition coefficient (Wildman–Crippen LogP) is 3.50. The minimum atomic E-state index is -1.33. The Kier molecular flexibility index (Phi) is 6.75. The first-order valence-electron chi connectivity index (χ1n) is 5.40. The molecular formula is C15H20N2O2. The van der Waals surface area contributed by atoms with E-state index in [1.807, 2.05) is 12.1 Å². The van der Waals surface area contributed by atoms with E-state index in [1.165, 1.54) is 16.7 Å². The van der Waals surface area contributed by atoms with Gasteiger partial charge in [-0.2, -0.15) is 0 Å². The summed E-state index contributed by atoms with van der Waals surface area (Å²) in [7, 11) is 0. The smallest absolute Gasteiger partial charge is 0.402 e. The first-order chi connectivity index (χ1) is 8.50. The molecule has 2 rings (SSSR count). The molecule has 0 aromatic heterocycles. The van der Waals surface area contributed by atoms with Crippen LogP contribution in [0.4, 0.5) is 10.5 Å². The second-order valence-electron chi connectivity index (χ2n) is 3.78. The number of aryl methyl sites for hydroxylation is 1. The summed E-state index contributed by atoms with van der Waals surface area (Å²) in [6, 6.07) is 16.3. The Morgan fingerprint density at radius 2 is 1.53 bits per heavy atom. The summed E-state index contributed by atoms with van der Waals surface area (Å²) < 4.78 is 0. The summed E-state index contributed by atoms with van der Waals surface area (Å²) in [6.07, 6.45) is -1.33. The number of benzene rings is 2. The molecule has 0 aliphatic heterocycles. The van der Waals surface area contributed by atoms with Gasteiger partial charge in [0.1, 0.15) is 0 Å². The molecule has 0 heterocycles. The van der Waals surface area contributed by atoms with Crippen molar-refractivity contribution >= 4 is 11.8 Å². The van der Waals surface area contributed by atoms with Crippen molar-refractivity contribution in [3.8, 4) is 11.1 Å². The predicted molar refractivity (Wildman–Crippen MR) is 80.0 cm³/mol. The Morgan fingerprint density at radius 1 is 1.05 bits per heavy atom. The standard InChI is InChI=1S/C13H13N.CH3NO2.CH4/c1-10-4-2-3-5-13(10)11-6-8-12(14)9-7-11;2-1(3)4;/h2-9H,14H2,1H3;2H2,(H,3,4);1H4. The molecule has 0 spiro atoms. The topological polar surface area (TPSA) is 89.3 Å². The quantitative estimate of drug-likeness (QED) is 0.685. The molecule has 4 heteroatoms. The number of carbonyl (C=O) groups is 1. The van der Waals surface area contributed by atoms with Crippen LogP contribution in [0.25, 0.3) is 11.1 Å². The molecule has 0 bridgehead atoms. The Bertz CT molecular complexity index is 518. The first-order valence-corrected chi connectivity index (χ1v) is 5.40. The lowest BCUT2D eigenvalue weighted by atomic mass is 10.0. The third-order valence-corrected chi connectivity index (χ3v) is 2.37. The van der Waals surface area contributed by atoms with Crippen molar-refractivity contribution in [3.05, 3.63) is 54.1 Å². The lowest BCUT2D eigenvalue weighted by molar-refractivity contribution is 0.205. The second kappa shape index (κ2) is 7.76. The first kappa shape index (κ1) is 16.5. The largest absolute Gasteiger partial charge is 0.465 e. The number of anilines is 1. The fourth-order valence-electron chi connectivity index (χ4n) is 1.56. The molecule has 0 saturated heterocycles. The van der Waals surface area contributed by atoms with Crippen molar-refractivity contribution < 1.29 is 9.90 Å². The molecule has 102 valence electrons. The zero-order valence-electron chi connectivity index (χ0n) is 10.1. The molecule has 0 radical (unpaired) electrons.